The normalized spacial score (nSPS) is 25.4. The summed E-state index contributed by atoms with van der Waals surface area (Å²) in [5.74, 6) is 2.44. The number of benzene rings is 1. The van der Waals surface area contributed by atoms with Gasteiger partial charge in [0, 0.05) is 0 Å². The summed E-state index contributed by atoms with van der Waals surface area (Å²) in [7, 11) is 1.73. The number of nitrogens with one attached hydrogen (secondary N) is 1. The maximum atomic E-state index is 5.30. The first-order chi connectivity index (χ1) is 7.85. The van der Waals surface area contributed by atoms with Crippen molar-refractivity contribution in [2.45, 2.75) is 25.7 Å². The minimum atomic E-state index is 0.696. The van der Waals surface area contributed by atoms with Gasteiger partial charge in [0.1, 0.15) is 5.75 Å². The van der Waals surface area contributed by atoms with Crippen molar-refractivity contribution < 1.29 is 4.74 Å². The van der Waals surface area contributed by atoms with Crippen molar-refractivity contribution in [3.05, 3.63) is 29.8 Å². The molecule has 1 aromatic carbocycles. The van der Waals surface area contributed by atoms with E-state index in [2.05, 4.69) is 30.4 Å². The SMILES string of the molecule is CCC1CNCCC1c1cccc(OC)c1. The van der Waals surface area contributed by atoms with Crippen molar-refractivity contribution >= 4 is 0 Å². The van der Waals surface area contributed by atoms with Gasteiger partial charge in [-0.15, -0.1) is 0 Å². The fourth-order valence-electron chi connectivity index (χ4n) is 2.66. The lowest BCUT2D eigenvalue weighted by atomic mass is 9.80. The summed E-state index contributed by atoms with van der Waals surface area (Å²) in [6, 6.07) is 8.55. The van der Waals surface area contributed by atoms with Gasteiger partial charge >= 0.3 is 0 Å². The first-order valence-electron chi connectivity index (χ1n) is 6.19. The number of piperidine rings is 1. The van der Waals surface area contributed by atoms with Crippen LogP contribution in [0.25, 0.3) is 0 Å². The highest BCUT2D eigenvalue weighted by atomic mass is 16.5. The second-order valence-corrected chi connectivity index (χ2v) is 4.54. The molecular formula is C14H21NO. The topological polar surface area (TPSA) is 21.3 Å². The molecule has 16 heavy (non-hydrogen) atoms. The Bertz CT molecular complexity index is 337. The smallest absolute Gasteiger partial charge is 0.119 e. The van der Waals surface area contributed by atoms with E-state index in [4.69, 9.17) is 4.74 Å². The number of ether oxygens (including phenoxy) is 1. The van der Waals surface area contributed by atoms with E-state index < -0.39 is 0 Å². The Morgan fingerprint density at radius 3 is 3.06 bits per heavy atom. The fourth-order valence-corrected chi connectivity index (χ4v) is 2.66. The lowest BCUT2D eigenvalue weighted by Gasteiger charge is -2.32. The van der Waals surface area contributed by atoms with E-state index in [0.29, 0.717) is 5.92 Å². The van der Waals surface area contributed by atoms with Gasteiger partial charge < -0.3 is 10.1 Å². The van der Waals surface area contributed by atoms with Crippen LogP contribution in [-0.4, -0.2) is 20.2 Å². The van der Waals surface area contributed by atoms with Gasteiger partial charge in [0.2, 0.25) is 0 Å². The number of hydrogen-bond donors (Lipinski definition) is 1. The maximum Gasteiger partial charge on any atom is 0.119 e. The van der Waals surface area contributed by atoms with Crippen molar-refractivity contribution in [1.29, 1.82) is 0 Å². The van der Waals surface area contributed by atoms with Crippen LogP contribution in [0.2, 0.25) is 0 Å². The third kappa shape index (κ3) is 2.38. The van der Waals surface area contributed by atoms with Crippen LogP contribution in [0, 0.1) is 5.92 Å². The van der Waals surface area contributed by atoms with Gasteiger partial charge in [0.05, 0.1) is 7.11 Å². The molecule has 0 aromatic heterocycles. The quantitative estimate of drug-likeness (QED) is 0.844. The van der Waals surface area contributed by atoms with Gasteiger partial charge in [-0.1, -0.05) is 25.5 Å². The molecule has 2 rings (SSSR count). The summed E-state index contributed by atoms with van der Waals surface area (Å²) in [6.45, 7) is 4.57. The summed E-state index contributed by atoms with van der Waals surface area (Å²) in [4.78, 5) is 0. The van der Waals surface area contributed by atoms with Crippen LogP contribution in [0.15, 0.2) is 24.3 Å². The summed E-state index contributed by atoms with van der Waals surface area (Å²) in [5.41, 5.74) is 1.44. The molecule has 2 unspecified atom stereocenters. The molecule has 0 aliphatic carbocycles. The van der Waals surface area contributed by atoms with Crippen molar-refractivity contribution in [3.8, 4) is 5.75 Å². The van der Waals surface area contributed by atoms with Gasteiger partial charge in [0.25, 0.3) is 0 Å². The third-order valence-corrected chi connectivity index (χ3v) is 3.65. The second-order valence-electron chi connectivity index (χ2n) is 4.54. The van der Waals surface area contributed by atoms with Gasteiger partial charge in [-0.25, -0.2) is 0 Å². The van der Waals surface area contributed by atoms with E-state index in [0.717, 1.165) is 24.8 Å². The Labute approximate surface area is 98.0 Å². The average Bonchev–Trinajstić information content (AvgIpc) is 2.38. The molecule has 1 aromatic rings. The molecule has 1 heterocycles. The Morgan fingerprint density at radius 2 is 2.31 bits per heavy atom. The first kappa shape index (κ1) is 11.5. The van der Waals surface area contributed by atoms with Gasteiger partial charge in [-0.05, 0) is 49.0 Å². The fraction of sp³-hybridized carbons (Fsp3) is 0.571. The van der Waals surface area contributed by atoms with E-state index >= 15 is 0 Å². The molecule has 0 bridgehead atoms. The highest BCUT2D eigenvalue weighted by Gasteiger charge is 2.24. The van der Waals surface area contributed by atoms with Crippen molar-refractivity contribution in [3.63, 3.8) is 0 Å². The lowest BCUT2D eigenvalue weighted by Crippen LogP contribution is -2.35. The van der Waals surface area contributed by atoms with Gasteiger partial charge in [-0.3, -0.25) is 0 Å². The molecule has 88 valence electrons. The molecular weight excluding hydrogens is 198 g/mol. The predicted octanol–water partition coefficient (Wildman–Crippen LogP) is 2.80. The lowest BCUT2D eigenvalue weighted by molar-refractivity contribution is 0.317. The summed E-state index contributed by atoms with van der Waals surface area (Å²) in [6.07, 6.45) is 2.49. The average molecular weight is 219 g/mol. The van der Waals surface area contributed by atoms with E-state index in [9.17, 15) is 0 Å². The molecule has 0 radical (unpaired) electrons. The predicted molar refractivity (Wildman–Crippen MR) is 67.0 cm³/mol. The second kappa shape index (κ2) is 5.35. The zero-order valence-electron chi connectivity index (χ0n) is 10.2. The van der Waals surface area contributed by atoms with E-state index in [1.54, 1.807) is 7.11 Å². The highest BCUT2D eigenvalue weighted by molar-refractivity contribution is 5.31. The van der Waals surface area contributed by atoms with Crippen LogP contribution in [0.1, 0.15) is 31.2 Å². The van der Waals surface area contributed by atoms with Crippen LogP contribution in [0.4, 0.5) is 0 Å². The standard InChI is InChI=1S/C14H21NO/c1-3-11-10-15-8-7-14(11)12-5-4-6-13(9-12)16-2/h4-6,9,11,14-15H,3,7-8,10H2,1-2H3. The van der Waals surface area contributed by atoms with Crippen LogP contribution in [-0.2, 0) is 0 Å². The Kier molecular flexibility index (Phi) is 3.83. The van der Waals surface area contributed by atoms with Crippen LogP contribution >= 0.6 is 0 Å². The number of methoxy groups -OCH3 is 1. The molecule has 2 heteroatoms. The number of rotatable bonds is 3. The molecule has 0 spiro atoms. The molecule has 0 saturated carbocycles. The van der Waals surface area contributed by atoms with Crippen molar-refractivity contribution in [2.24, 2.45) is 5.92 Å². The molecule has 1 N–H and O–H groups in total. The minimum absolute atomic E-state index is 0.696. The molecule has 1 aliphatic rings. The minimum Gasteiger partial charge on any atom is -0.497 e. The van der Waals surface area contributed by atoms with Crippen LogP contribution in [0.3, 0.4) is 0 Å². The molecule has 0 amide bonds. The summed E-state index contributed by atoms with van der Waals surface area (Å²) >= 11 is 0. The Hall–Kier alpha value is -1.02. The molecule has 1 fully saturated rings. The summed E-state index contributed by atoms with van der Waals surface area (Å²) < 4.78 is 5.30. The molecule has 2 atom stereocenters. The molecule has 1 saturated heterocycles. The Balaban J connectivity index is 2.20. The van der Waals surface area contributed by atoms with Crippen molar-refractivity contribution in [2.75, 3.05) is 20.2 Å². The molecule has 2 nitrogen and oxygen atoms in total. The molecule has 1 aliphatic heterocycles. The zero-order chi connectivity index (χ0) is 11.4. The zero-order valence-corrected chi connectivity index (χ0v) is 10.2. The monoisotopic (exact) mass is 219 g/mol. The Morgan fingerprint density at radius 1 is 1.44 bits per heavy atom. The van der Waals surface area contributed by atoms with Crippen LogP contribution < -0.4 is 10.1 Å². The van der Waals surface area contributed by atoms with E-state index in [1.807, 2.05) is 6.07 Å². The van der Waals surface area contributed by atoms with Crippen LogP contribution in [0.5, 0.6) is 5.75 Å². The van der Waals surface area contributed by atoms with E-state index in [1.165, 1.54) is 18.4 Å². The largest absolute Gasteiger partial charge is 0.497 e. The van der Waals surface area contributed by atoms with Crippen molar-refractivity contribution in [1.82, 2.24) is 5.32 Å². The van der Waals surface area contributed by atoms with Gasteiger partial charge in [0.15, 0.2) is 0 Å². The van der Waals surface area contributed by atoms with Gasteiger partial charge in [-0.2, -0.15) is 0 Å². The maximum absolute atomic E-state index is 5.30. The first-order valence-corrected chi connectivity index (χ1v) is 6.19. The summed E-state index contributed by atoms with van der Waals surface area (Å²) in [5, 5.41) is 3.48. The highest BCUT2D eigenvalue weighted by Crippen LogP contribution is 2.33. The van der Waals surface area contributed by atoms with E-state index in [-0.39, 0.29) is 0 Å². The number of hydrogen-bond acceptors (Lipinski definition) is 2. The third-order valence-electron chi connectivity index (χ3n) is 3.65.